The van der Waals surface area contributed by atoms with E-state index in [-0.39, 0.29) is 11.7 Å². The molecule has 8 heteroatoms. The first kappa shape index (κ1) is 24.1. The molecule has 1 unspecified atom stereocenters. The molecular weight excluding hydrogens is 432 g/mol. The molecule has 1 aromatic heterocycles. The molecule has 0 bridgehead atoms. The predicted octanol–water partition coefficient (Wildman–Crippen LogP) is 4.16. The van der Waals surface area contributed by atoms with Gasteiger partial charge in [0.25, 0.3) is 0 Å². The van der Waals surface area contributed by atoms with Gasteiger partial charge in [0.05, 0.1) is 11.9 Å². The van der Waals surface area contributed by atoms with Crippen molar-refractivity contribution in [3.63, 3.8) is 0 Å². The highest BCUT2D eigenvalue weighted by molar-refractivity contribution is 7.71. The molecule has 172 valence electrons. The lowest BCUT2D eigenvalue weighted by atomic mass is 10.0. The Morgan fingerprint density at radius 2 is 1.61 bits per heavy atom. The maximum Gasteiger partial charge on any atom is 0.250 e. The van der Waals surface area contributed by atoms with Crippen LogP contribution in [0, 0.1) is 10.0 Å². The summed E-state index contributed by atoms with van der Waals surface area (Å²) in [6.07, 6.45) is 2.59. The zero-order valence-electron chi connectivity index (χ0n) is 19.0. The summed E-state index contributed by atoms with van der Waals surface area (Å²) in [6.45, 7) is 6.75. The van der Waals surface area contributed by atoms with Crippen LogP contribution in [-0.2, 0) is 4.79 Å². The Labute approximate surface area is 200 Å². The van der Waals surface area contributed by atoms with E-state index in [4.69, 9.17) is 23.4 Å². The number of benzene rings is 2. The molecule has 3 N–H and O–H groups in total. The van der Waals surface area contributed by atoms with Crippen molar-refractivity contribution in [2.45, 2.75) is 19.9 Å². The number of amides is 1. The highest BCUT2D eigenvalue weighted by Gasteiger charge is 2.30. The van der Waals surface area contributed by atoms with Crippen molar-refractivity contribution < 1.29 is 4.79 Å². The van der Waals surface area contributed by atoms with Gasteiger partial charge in [-0.15, -0.1) is 0 Å². The quantitative estimate of drug-likeness (QED) is 0.439. The average Bonchev–Trinajstić information content (AvgIpc) is 2.88. The Morgan fingerprint density at radius 1 is 1.03 bits per heavy atom. The van der Waals surface area contributed by atoms with Crippen LogP contribution in [0.25, 0.3) is 0 Å². The second-order valence-electron chi connectivity index (χ2n) is 7.36. The summed E-state index contributed by atoms with van der Waals surface area (Å²) in [5.74, 6) is 0.143. The summed E-state index contributed by atoms with van der Waals surface area (Å²) >= 11 is 5.57. The highest BCUT2D eigenvalue weighted by atomic mass is 32.1. The first-order valence-electron chi connectivity index (χ1n) is 11.1. The summed E-state index contributed by atoms with van der Waals surface area (Å²) in [4.78, 5) is 22.0. The first-order valence-corrected chi connectivity index (χ1v) is 11.5. The molecule has 2 aromatic carbocycles. The number of nitrogen functional groups attached to an aromatic ring is 1. The van der Waals surface area contributed by atoms with Crippen molar-refractivity contribution in [1.82, 2.24) is 14.5 Å². The molecule has 1 atom stereocenters. The fourth-order valence-corrected chi connectivity index (χ4v) is 4.18. The van der Waals surface area contributed by atoms with Gasteiger partial charge in [0, 0.05) is 38.1 Å². The second-order valence-corrected chi connectivity index (χ2v) is 7.75. The van der Waals surface area contributed by atoms with Gasteiger partial charge in [-0.25, -0.2) is 4.98 Å². The number of hydrogen-bond acceptors (Lipinski definition) is 6. The average molecular weight is 463 g/mol. The number of hydrogen-bond donors (Lipinski definition) is 2. The third kappa shape index (κ3) is 5.28. The SMILES string of the molecule is CC.N=Cc1c(N)ncn(C(C(=O)N2CCN(c3ccccc3)CC2)c2ccccc2)c1=S. The normalized spacial score (nSPS) is 14.1. The molecule has 3 aromatic rings. The van der Waals surface area contributed by atoms with E-state index in [0.717, 1.165) is 30.6 Å². The topological polar surface area (TPSA) is 91.2 Å². The van der Waals surface area contributed by atoms with Crippen molar-refractivity contribution in [3.8, 4) is 0 Å². The van der Waals surface area contributed by atoms with Crippen LogP contribution in [0.4, 0.5) is 11.5 Å². The van der Waals surface area contributed by atoms with Crippen LogP contribution in [0.1, 0.15) is 31.0 Å². The molecule has 7 nitrogen and oxygen atoms in total. The molecule has 1 aliphatic heterocycles. The maximum atomic E-state index is 13.7. The molecule has 1 fully saturated rings. The van der Waals surface area contributed by atoms with E-state index in [1.54, 1.807) is 4.57 Å². The standard InChI is InChI=1S/C23H24N6OS.C2H6/c24-15-19-21(25)26-16-29(23(19)31)20(17-7-3-1-4-8-17)22(30)28-13-11-27(12-14-28)18-9-5-2-6-10-18;1-2/h1-10,15-16,20,24H,11-14,25H2;1-2H3. The van der Waals surface area contributed by atoms with E-state index in [9.17, 15) is 4.79 Å². The van der Waals surface area contributed by atoms with Gasteiger partial charge >= 0.3 is 0 Å². The van der Waals surface area contributed by atoms with Gasteiger partial charge in [0.1, 0.15) is 16.5 Å². The fourth-order valence-electron chi connectivity index (χ4n) is 3.87. The molecule has 0 saturated carbocycles. The van der Waals surface area contributed by atoms with Gasteiger partial charge in [-0.3, -0.25) is 4.79 Å². The lowest BCUT2D eigenvalue weighted by Gasteiger charge is -2.38. The summed E-state index contributed by atoms with van der Waals surface area (Å²) in [6, 6.07) is 19.1. The van der Waals surface area contributed by atoms with Crippen molar-refractivity contribution in [3.05, 3.63) is 82.8 Å². The number of rotatable bonds is 5. The van der Waals surface area contributed by atoms with E-state index in [1.807, 2.05) is 67.3 Å². The zero-order valence-corrected chi connectivity index (χ0v) is 19.8. The third-order valence-electron chi connectivity index (χ3n) is 5.55. The van der Waals surface area contributed by atoms with Gasteiger partial charge in [0.2, 0.25) is 5.91 Å². The Balaban J connectivity index is 0.00000149. The van der Waals surface area contributed by atoms with Gasteiger partial charge in [0.15, 0.2) is 0 Å². The number of nitrogens with zero attached hydrogens (tertiary/aromatic N) is 4. The molecule has 1 saturated heterocycles. The van der Waals surface area contributed by atoms with Crippen LogP contribution in [-0.4, -0.2) is 52.8 Å². The Morgan fingerprint density at radius 3 is 2.18 bits per heavy atom. The first-order chi connectivity index (χ1) is 16.1. The minimum absolute atomic E-state index is 0.0440. The van der Waals surface area contributed by atoms with E-state index in [1.165, 1.54) is 6.33 Å². The molecule has 1 amide bonds. The van der Waals surface area contributed by atoms with Crippen LogP contribution in [0.5, 0.6) is 0 Å². The zero-order chi connectivity index (χ0) is 23.8. The minimum atomic E-state index is -0.663. The Bertz CT molecular complexity index is 1120. The monoisotopic (exact) mass is 462 g/mol. The van der Waals surface area contributed by atoms with E-state index in [2.05, 4.69) is 22.0 Å². The van der Waals surface area contributed by atoms with Crippen LogP contribution in [0.3, 0.4) is 0 Å². The predicted molar refractivity (Wildman–Crippen MR) is 137 cm³/mol. The fraction of sp³-hybridized carbons (Fsp3) is 0.280. The lowest BCUT2D eigenvalue weighted by Crippen LogP contribution is -2.51. The summed E-state index contributed by atoms with van der Waals surface area (Å²) in [5, 5.41) is 7.65. The van der Waals surface area contributed by atoms with Crippen molar-refractivity contribution >= 4 is 35.8 Å². The number of aromatic nitrogens is 2. The van der Waals surface area contributed by atoms with Crippen LogP contribution in [0.2, 0.25) is 0 Å². The number of carbonyl (C=O) groups is 1. The molecule has 0 spiro atoms. The number of carbonyl (C=O) groups excluding carboxylic acids is 1. The van der Waals surface area contributed by atoms with Crippen molar-refractivity contribution in [2.24, 2.45) is 0 Å². The molecule has 2 heterocycles. The van der Waals surface area contributed by atoms with Crippen molar-refractivity contribution in [2.75, 3.05) is 36.8 Å². The van der Waals surface area contributed by atoms with Crippen molar-refractivity contribution in [1.29, 1.82) is 5.41 Å². The number of para-hydroxylation sites is 1. The van der Waals surface area contributed by atoms with E-state index in [0.29, 0.717) is 23.3 Å². The second kappa shape index (κ2) is 11.4. The van der Waals surface area contributed by atoms with Gasteiger partial charge < -0.3 is 25.5 Å². The van der Waals surface area contributed by atoms with Crippen LogP contribution in [0.15, 0.2) is 67.0 Å². The number of nitrogens with one attached hydrogen (secondary N) is 1. The largest absolute Gasteiger partial charge is 0.383 e. The van der Waals surface area contributed by atoms with Gasteiger partial charge in [-0.05, 0) is 17.7 Å². The molecule has 1 aliphatic rings. The van der Waals surface area contributed by atoms with E-state index < -0.39 is 6.04 Å². The minimum Gasteiger partial charge on any atom is -0.383 e. The summed E-state index contributed by atoms with van der Waals surface area (Å²) in [5.41, 5.74) is 8.21. The lowest BCUT2D eigenvalue weighted by molar-refractivity contribution is -0.133. The molecule has 4 rings (SSSR count). The highest BCUT2D eigenvalue weighted by Crippen LogP contribution is 2.25. The van der Waals surface area contributed by atoms with Gasteiger partial charge in [-0.2, -0.15) is 0 Å². The Kier molecular flexibility index (Phi) is 8.32. The maximum absolute atomic E-state index is 13.7. The Hall–Kier alpha value is -3.52. The number of anilines is 2. The third-order valence-corrected chi connectivity index (χ3v) is 5.98. The van der Waals surface area contributed by atoms with Gasteiger partial charge in [-0.1, -0.05) is 74.6 Å². The van der Waals surface area contributed by atoms with Crippen LogP contribution >= 0.6 is 12.2 Å². The molecular formula is C25H30N6OS. The molecule has 33 heavy (non-hydrogen) atoms. The molecule has 0 aliphatic carbocycles. The number of piperazine rings is 1. The summed E-state index contributed by atoms with van der Waals surface area (Å²) < 4.78 is 1.97. The number of nitrogens with two attached hydrogens (primary N) is 1. The van der Waals surface area contributed by atoms with E-state index >= 15 is 0 Å². The molecule has 0 radical (unpaired) electrons. The van der Waals surface area contributed by atoms with Crippen LogP contribution < -0.4 is 10.6 Å². The summed E-state index contributed by atoms with van der Waals surface area (Å²) in [7, 11) is 0. The smallest absolute Gasteiger partial charge is 0.250 e.